The SMILES string of the molecule is CC(C)(C)[S@](=O)N[C@@H](c1cc(-c2cc(F)ccc2F)cn1Cc1ccccc1)C1CCCCC1. The molecule has 0 spiro atoms. The highest BCUT2D eigenvalue weighted by atomic mass is 32.2. The topological polar surface area (TPSA) is 34.0 Å². The van der Waals surface area contributed by atoms with Gasteiger partial charge in [-0.1, -0.05) is 49.6 Å². The molecular formula is C28H34F2N2OS. The number of hydrogen-bond donors (Lipinski definition) is 1. The summed E-state index contributed by atoms with van der Waals surface area (Å²) in [6.45, 7) is 6.49. The summed E-state index contributed by atoms with van der Waals surface area (Å²) in [5.74, 6) is -0.593. The highest BCUT2D eigenvalue weighted by Crippen LogP contribution is 2.38. The van der Waals surface area contributed by atoms with E-state index in [1.165, 1.54) is 18.6 Å². The summed E-state index contributed by atoms with van der Waals surface area (Å²) in [7, 11) is -1.26. The summed E-state index contributed by atoms with van der Waals surface area (Å²) < 4.78 is 47.1. The van der Waals surface area contributed by atoms with Crippen LogP contribution in [-0.4, -0.2) is 13.5 Å². The zero-order valence-corrected chi connectivity index (χ0v) is 21.0. The molecule has 0 unspecified atom stereocenters. The Balaban J connectivity index is 1.81. The normalized spacial score (nSPS) is 17.0. The minimum atomic E-state index is -1.26. The molecule has 1 aliphatic rings. The monoisotopic (exact) mass is 484 g/mol. The zero-order valence-electron chi connectivity index (χ0n) is 20.2. The largest absolute Gasteiger partial charge is 0.345 e. The first-order valence-electron chi connectivity index (χ1n) is 12.1. The Kier molecular flexibility index (Phi) is 7.68. The zero-order chi connectivity index (χ0) is 24.3. The molecule has 2 atom stereocenters. The first-order valence-corrected chi connectivity index (χ1v) is 13.2. The highest BCUT2D eigenvalue weighted by Gasteiger charge is 2.32. The number of rotatable bonds is 7. The van der Waals surface area contributed by atoms with Gasteiger partial charge in [0, 0.05) is 29.6 Å². The summed E-state index contributed by atoms with van der Waals surface area (Å²) in [6, 6.07) is 15.5. The average Bonchev–Trinajstić information content (AvgIpc) is 3.22. The maximum atomic E-state index is 14.7. The molecule has 3 nitrogen and oxygen atoms in total. The van der Waals surface area contributed by atoms with Crippen molar-refractivity contribution in [2.45, 2.75) is 70.2 Å². The van der Waals surface area contributed by atoms with Crippen LogP contribution in [0.15, 0.2) is 60.8 Å². The van der Waals surface area contributed by atoms with Crippen molar-refractivity contribution in [1.29, 1.82) is 0 Å². The maximum absolute atomic E-state index is 14.7. The van der Waals surface area contributed by atoms with Crippen LogP contribution in [0.5, 0.6) is 0 Å². The lowest BCUT2D eigenvalue weighted by Gasteiger charge is -2.33. The predicted octanol–water partition coefficient (Wildman–Crippen LogP) is 7.15. The highest BCUT2D eigenvalue weighted by molar-refractivity contribution is 7.84. The van der Waals surface area contributed by atoms with Gasteiger partial charge in [0.05, 0.1) is 21.8 Å². The van der Waals surface area contributed by atoms with Crippen molar-refractivity contribution in [3.8, 4) is 11.1 Å². The van der Waals surface area contributed by atoms with Crippen molar-refractivity contribution in [3.05, 3.63) is 83.7 Å². The fourth-order valence-electron chi connectivity index (χ4n) is 4.73. The summed E-state index contributed by atoms with van der Waals surface area (Å²) in [5, 5.41) is 0. The minimum absolute atomic E-state index is 0.144. The molecule has 1 fully saturated rings. The number of nitrogens with one attached hydrogen (secondary N) is 1. The van der Waals surface area contributed by atoms with Crippen LogP contribution in [0.4, 0.5) is 8.78 Å². The summed E-state index contributed by atoms with van der Waals surface area (Å²) in [6.07, 6.45) is 7.53. The van der Waals surface area contributed by atoms with Crippen LogP contribution in [-0.2, 0) is 17.5 Å². The molecule has 2 aromatic carbocycles. The summed E-state index contributed by atoms with van der Waals surface area (Å²) in [4.78, 5) is 0. The lowest BCUT2D eigenvalue weighted by Crippen LogP contribution is -2.39. The Bertz CT molecular complexity index is 1130. The molecule has 6 heteroatoms. The van der Waals surface area contributed by atoms with E-state index in [0.717, 1.165) is 43.0 Å². The van der Waals surface area contributed by atoms with Gasteiger partial charge >= 0.3 is 0 Å². The molecule has 0 saturated heterocycles. The smallest absolute Gasteiger partial charge is 0.131 e. The third-order valence-electron chi connectivity index (χ3n) is 6.60. The van der Waals surface area contributed by atoms with E-state index in [4.69, 9.17) is 0 Å². The second-order valence-corrected chi connectivity index (χ2v) is 12.3. The molecule has 1 heterocycles. The summed E-state index contributed by atoms with van der Waals surface area (Å²) >= 11 is 0. The van der Waals surface area contributed by atoms with E-state index in [1.807, 2.05) is 51.2 Å². The van der Waals surface area contributed by atoms with Crippen LogP contribution < -0.4 is 4.72 Å². The number of aromatic nitrogens is 1. The van der Waals surface area contributed by atoms with Gasteiger partial charge in [0.25, 0.3) is 0 Å². The van der Waals surface area contributed by atoms with Crippen molar-refractivity contribution in [2.24, 2.45) is 5.92 Å². The Morgan fingerprint density at radius 3 is 2.41 bits per heavy atom. The average molecular weight is 485 g/mol. The fourth-order valence-corrected chi connectivity index (χ4v) is 5.63. The Morgan fingerprint density at radius 1 is 1.03 bits per heavy atom. The van der Waals surface area contributed by atoms with Gasteiger partial charge in [-0.2, -0.15) is 0 Å². The molecule has 182 valence electrons. The predicted molar refractivity (Wildman–Crippen MR) is 136 cm³/mol. The molecule has 34 heavy (non-hydrogen) atoms. The number of benzene rings is 2. The van der Waals surface area contributed by atoms with Crippen LogP contribution in [0.3, 0.4) is 0 Å². The molecular weight excluding hydrogens is 450 g/mol. The standard InChI is InChI=1S/C28H34F2N2OS/c1-28(2,3)34(33)31-27(21-12-8-5-9-13-21)26-16-22(24-17-23(29)14-15-25(24)30)19-32(26)18-20-10-6-4-7-11-20/h4,6-7,10-11,14-17,19,21,27,31H,5,8-9,12-13,18H2,1-3H3/t27-,34+/m1/s1. The van der Waals surface area contributed by atoms with E-state index in [2.05, 4.69) is 21.4 Å². The van der Waals surface area contributed by atoms with E-state index < -0.39 is 27.4 Å². The van der Waals surface area contributed by atoms with Crippen molar-refractivity contribution < 1.29 is 13.0 Å². The quantitative estimate of drug-likeness (QED) is 0.379. The van der Waals surface area contributed by atoms with E-state index in [1.54, 1.807) is 0 Å². The first kappa shape index (κ1) is 24.8. The van der Waals surface area contributed by atoms with Gasteiger partial charge in [-0.3, -0.25) is 0 Å². The molecule has 1 aliphatic carbocycles. The molecule has 0 aliphatic heterocycles. The number of hydrogen-bond acceptors (Lipinski definition) is 1. The Morgan fingerprint density at radius 2 is 1.74 bits per heavy atom. The van der Waals surface area contributed by atoms with Crippen molar-refractivity contribution in [2.75, 3.05) is 0 Å². The van der Waals surface area contributed by atoms with Crippen LogP contribution in [0.1, 0.15) is 70.2 Å². The number of nitrogens with zero attached hydrogens (tertiary/aromatic N) is 1. The molecule has 1 saturated carbocycles. The van der Waals surface area contributed by atoms with Crippen LogP contribution >= 0.6 is 0 Å². The minimum Gasteiger partial charge on any atom is -0.345 e. The third kappa shape index (κ3) is 5.84. The van der Waals surface area contributed by atoms with Gasteiger partial charge < -0.3 is 4.57 Å². The lowest BCUT2D eigenvalue weighted by molar-refractivity contribution is 0.287. The Labute approximate surface area is 204 Å². The molecule has 0 amide bonds. The molecule has 1 aromatic heterocycles. The van der Waals surface area contributed by atoms with Crippen molar-refractivity contribution in [1.82, 2.24) is 9.29 Å². The fraction of sp³-hybridized carbons (Fsp3) is 0.429. The van der Waals surface area contributed by atoms with Gasteiger partial charge in [0.15, 0.2) is 0 Å². The molecule has 0 bridgehead atoms. The van der Waals surface area contributed by atoms with E-state index in [-0.39, 0.29) is 11.6 Å². The van der Waals surface area contributed by atoms with Gasteiger partial charge in [-0.15, -0.1) is 0 Å². The lowest BCUT2D eigenvalue weighted by atomic mass is 9.83. The maximum Gasteiger partial charge on any atom is 0.131 e. The second-order valence-electron chi connectivity index (χ2n) is 10.3. The van der Waals surface area contributed by atoms with E-state index in [9.17, 15) is 13.0 Å². The van der Waals surface area contributed by atoms with Gasteiger partial charge in [0.2, 0.25) is 0 Å². The molecule has 4 rings (SSSR count). The van der Waals surface area contributed by atoms with Crippen molar-refractivity contribution >= 4 is 11.0 Å². The summed E-state index contributed by atoms with van der Waals surface area (Å²) in [5.41, 5.74) is 2.96. The van der Waals surface area contributed by atoms with Crippen LogP contribution in [0, 0.1) is 17.6 Å². The van der Waals surface area contributed by atoms with Crippen LogP contribution in [0.2, 0.25) is 0 Å². The van der Waals surface area contributed by atoms with E-state index in [0.29, 0.717) is 18.0 Å². The molecule has 1 N–H and O–H groups in total. The van der Waals surface area contributed by atoms with Gasteiger partial charge in [-0.05, 0) is 69.4 Å². The molecule has 0 radical (unpaired) electrons. The van der Waals surface area contributed by atoms with Crippen molar-refractivity contribution in [3.63, 3.8) is 0 Å². The third-order valence-corrected chi connectivity index (χ3v) is 8.18. The number of halogens is 2. The van der Waals surface area contributed by atoms with Gasteiger partial charge in [0.1, 0.15) is 11.6 Å². The van der Waals surface area contributed by atoms with Crippen LogP contribution in [0.25, 0.3) is 11.1 Å². The van der Waals surface area contributed by atoms with Gasteiger partial charge in [-0.25, -0.2) is 17.7 Å². The molecule has 3 aromatic rings. The van der Waals surface area contributed by atoms with E-state index >= 15 is 0 Å². The first-order chi connectivity index (χ1) is 16.2. The second kappa shape index (κ2) is 10.5. The Hall–Kier alpha value is -2.31.